The Balaban J connectivity index is 1.62. The Morgan fingerprint density at radius 2 is 2.03 bits per heavy atom. The Labute approximate surface area is 174 Å². The van der Waals surface area contributed by atoms with Crippen molar-refractivity contribution in [3.05, 3.63) is 41.6 Å². The SMILES string of the molecule is O=S(=O)(N1CCOCC1)N(Cc1ncc(-c2nnc(C(F)F)o2)s1)c1cccnc1. The minimum Gasteiger partial charge on any atom is -0.414 e. The van der Waals surface area contributed by atoms with Gasteiger partial charge in [0.2, 0.25) is 0 Å². The third-order valence-corrected chi connectivity index (χ3v) is 7.06. The van der Waals surface area contributed by atoms with Gasteiger partial charge in [0.1, 0.15) is 9.88 Å². The van der Waals surface area contributed by atoms with E-state index in [1.807, 2.05) is 0 Å². The molecule has 10 nitrogen and oxygen atoms in total. The van der Waals surface area contributed by atoms with Crippen LogP contribution in [-0.2, 0) is 21.5 Å². The lowest BCUT2D eigenvalue weighted by atomic mass is 10.4. The molecule has 1 aliphatic rings. The van der Waals surface area contributed by atoms with Gasteiger partial charge in [0.05, 0.1) is 37.8 Å². The lowest BCUT2D eigenvalue weighted by molar-refractivity contribution is 0.0729. The van der Waals surface area contributed by atoms with E-state index >= 15 is 0 Å². The molecular weight excluding hydrogens is 442 g/mol. The van der Waals surface area contributed by atoms with Crippen molar-refractivity contribution in [1.29, 1.82) is 0 Å². The number of halogens is 2. The third-order valence-electron chi connectivity index (χ3n) is 4.18. The number of rotatable bonds is 7. The van der Waals surface area contributed by atoms with Crippen molar-refractivity contribution in [1.82, 2.24) is 24.5 Å². The third kappa shape index (κ3) is 4.30. The predicted octanol–water partition coefficient (Wildman–Crippen LogP) is 2.11. The number of alkyl halides is 2. The van der Waals surface area contributed by atoms with Crippen LogP contribution in [0.15, 0.2) is 35.1 Å². The molecule has 0 unspecified atom stereocenters. The number of aromatic nitrogens is 4. The fraction of sp³-hybridized carbons (Fsp3) is 0.375. The van der Waals surface area contributed by atoms with Gasteiger partial charge in [0.15, 0.2) is 0 Å². The van der Waals surface area contributed by atoms with Crippen molar-refractivity contribution in [2.45, 2.75) is 13.0 Å². The molecule has 0 aliphatic carbocycles. The Hall–Kier alpha value is -2.55. The number of pyridine rings is 1. The highest BCUT2D eigenvalue weighted by molar-refractivity contribution is 7.90. The van der Waals surface area contributed by atoms with Gasteiger partial charge in [-0.05, 0) is 12.1 Å². The van der Waals surface area contributed by atoms with Crippen LogP contribution >= 0.6 is 11.3 Å². The molecule has 1 fully saturated rings. The largest absolute Gasteiger partial charge is 0.414 e. The van der Waals surface area contributed by atoms with Gasteiger partial charge in [0, 0.05) is 19.3 Å². The van der Waals surface area contributed by atoms with Crippen LogP contribution in [0.1, 0.15) is 17.3 Å². The monoisotopic (exact) mass is 458 g/mol. The molecule has 3 aromatic heterocycles. The topological polar surface area (TPSA) is 115 Å². The van der Waals surface area contributed by atoms with Crippen molar-refractivity contribution in [3.8, 4) is 10.8 Å². The average Bonchev–Trinajstić information content (AvgIpc) is 3.43. The predicted molar refractivity (Wildman–Crippen MR) is 102 cm³/mol. The second kappa shape index (κ2) is 8.67. The zero-order valence-corrected chi connectivity index (χ0v) is 17.0. The van der Waals surface area contributed by atoms with Crippen LogP contribution in [-0.4, -0.2) is 59.2 Å². The van der Waals surface area contributed by atoms with Gasteiger partial charge in [-0.15, -0.1) is 21.5 Å². The Morgan fingerprint density at radius 3 is 2.70 bits per heavy atom. The quantitative estimate of drug-likeness (QED) is 0.529. The van der Waals surface area contributed by atoms with Crippen molar-refractivity contribution in [2.24, 2.45) is 0 Å². The zero-order chi connectivity index (χ0) is 21.1. The maximum absolute atomic E-state index is 13.3. The highest BCUT2D eigenvalue weighted by Gasteiger charge is 2.32. The first-order valence-electron chi connectivity index (χ1n) is 8.77. The Bertz CT molecular complexity index is 1090. The Morgan fingerprint density at radius 1 is 1.23 bits per heavy atom. The molecule has 1 aliphatic heterocycles. The van der Waals surface area contributed by atoms with Crippen LogP contribution < -0.4 is 4.31 Å². The molecule has 4 rings (SSSR count). The maximum atomic E-state index is 13.3. The number of hydrogen-bond acceptors (Lipinski definition) is 9. The van der Waals surface area contributed by atoms with Crippen molar-refractivity contribution in [2.75, 3.05) is 30.6 Å². The van der Waals surface area contributed by atoms with Crippen LogP contribution in [0.25, 0.3) is 10.8 Å². The average molecular weight is 458 g/mol. The number of anilines is 1. The van der Waals surface area contributed by atoms with Gasteiger partial charge in [-0.2, -0.15) is 21.5 Å². The van der Waals surface area contributed by atoms with E-state index in [9.17, 15) is 17.2 Å². The smallest absolute Gasteiger partial charge is 0.314 e. The molecule has 14 heteroatoms. The van der Waals surface area contributed by atoms with Crippen molar-refractivity contribution in [3.63, 3.8) is 0 Å². The van der Waals surface area contributed by atoms with E-state index in [1.54, 1.807) is 18.3 Å². The summed E-state index contributed by atoms with van der Waals surface area (Å²) in [6.45, 7) is 1.02. The van der Waals surface area contributed by atoms with E-state index in [1.165, 1.54) is 21.0 Å². The van der Waals surface area contributed by atoms with Gasteiger partial charge in [-0.25, -0.2) is 9.29 Å². The number of hydrogen-bond donors (Lipinski definition) is 0. The molecule has 0 radical (unpaired) electrons. The van der Waals surface area contributed by atoms with Gasteiger partial charge < -0.3 is 9.15 Å². The molecule has 0 N–H and O–H groups in total. The number of ether oxygens (including phenoxy) is 1. The summed E-state index contributed by atoms with van der Waals surface area (Å²) >= 11 is 1.07. The minimum atomic E-state index is -3.88. The van der Waals surface area contributed by atoms with E-state index in [4.69, 9.17) is 9.15 Å². The van der Waals surface area contributed by atoms with Gasteiger partial charge in [0.25, 0.3) is 11.8 Å². The molecule has 0 atom stereocenters. The number of thiazole rings is 1. The summed E-state index contributed by atoms with van der Waals surface area (Å²) in [7, 11) is -3.88. The van der Waals surface area contributed by atoms with Crippen molar-refractivity contribution < 1.29 is 26.4 Å². The molecule has 3 aromatic rings. The van der Waals surface area contributed by atoms with E-state index in [-0.39, 0.29) is 25.5 Å². The van der Waals surface area contributed by atoms with E-state index in [0.717, 1.165) is 11.3 Å². The Kier molecular flexibility index (Phi) is 5.99. The number of nitrogens with zero attached hydrogens (tertiary/aromatic N) is 6. The van der Waals surface area contributed by atoms with E-state index < -0.39 is 22.5 Å². The second-order valence-corrected chi connectivity index (χ2v) is 9.07. The summed E-state index contributed by atoms with van der Waals surface area (Å²) in [5.41, 5.74) is 0.374. The lowest BCUT2D eigenvalue weighted by Crippen LogP contribution is -2.48. The van der Waals surface area contributed by atoms with Crippen LogP contribution in [0.5, 0.6) is 0 Å². The standard InChI is InChI=1S/C16H16F2N6O4S2/c17-14(18)16-22-21-15(28-16)12-9-20-13(29-12)10-24(11-2-1-3-19-8-11)30(25,26)23-4-6-27-7-5-23/h1-3,8-9,14H,4-7,10H2. The maximum Gasteiger partial charge on any atom is 0.314 e. The number of morpholine rings is 1. The van der Waals surface area contributed by atoms with E-state index in [2.05, 4.69) is 20.2 Å². The molecule has 0 bridgehead atoms. The molecule has 160 valence electrons. The van der Waals surface area contributed by atoms with Gasteiger partial charge in [-0.3, -0.25) is 4.98 Å². The second-order valence-electron chi connectivity index (χ2n) is 6.10. The minimum absolute atomic E-state index is 0.0775. The summed E-state index contributed by atoms with van der Waals surface area (Å²) in [6, 6.07) is 3.27. The van der Waals surface area contributed by atoms with E-state index in [0.29, 0.717) is 28.8 Å². The molecule has 0 amide bonds. The molecule has 0 saturated carbocycles. The molecule has 4 heterocycles. The fourth-order valence-corrected chi connectivity index (χ4v) is 5.21. The first kappa shape index (κ1) is 20.7. The molecular formula is C16H16F2N6O4S2. The molecule has 30 heavy (non-hydrogen) atoms. The highest BCUT2D eigenvalue weighted by atomic mass is 32.2. The molecule has 1 saturated heterocycles. The summed E-state index contributed by atoms with van der Waals surface area (Å²) in [5.74, 6) is -0.884. The van der Waals surface area contributed by atoms with Gasteiger partial charge >= 0.3 is 16.6 Å². The normalized spacial score (nSPS) is 15.6. The van der Waals surface area contributed by atoms with Crippen LogP contribution in [0.2, 0.25) is 0 Å². The first-order chi connectivity index (χ1) is 14.4. The lowest BCUT2D eigenvalue weighted by Gasteiger charge is -2.32. The molecule has 0 spiro atoms. The summed E-state index contributed by atoms with van der Waals surface area (Å²) < 4.78 is 64.6. The molecule has 0 aromatic carbocycles. The van der Waals surface area contributed by atoms with Crippen molar-refractivity contribution >= 4 is 27.2 Å². The van der Waals surface area contributed by atoms with Crippen LogP contribution in [0, 0.1) is 0 Å². The zero-order valence-electron chi connectivity index (χ0n) is 15.4. The van der Waals surface area contributed by atoms with Gasteiger partial charge in [-0.1, -0.05) is 0 Å². The van der Waals surface area contributed by atoms with Crippen LogP contribution in [0.4, 0.5) is 14.5 Å². The first-order valence-corrected chi connectivity index (χ1v) is 11.0. The highest BCUT2D eigenvalue weighted by Crippen LogP contribution is 2.30. The van der Waals surface area contributed by atoms with Crippen LogP contribution in [0.3, 0.4) is 0 Å². The summed E-state index contributed by atoms with van der Waals surface area (Å²) in [6.07, 6.45) is 1.49. The fourth-order valence-electron chi connectivity index (χ4n) is 2.75. The summed E-state index contributed by atoms with van der Waals surface area (Å²) in [4.78, 5) is 8.57. The summed E-state index contributed by atoms with van der Waals surface area (Å²) in [5, 5.41) is 7.30.